The van der Waals surface area contributed by atoms with Crippen LogP contribution in [0.3, 0.4) is 0 Å². The summed E-state index contributed by atoms with van der Waals surface area (Å²) in [5.41, 5.74) is 0. The Kier molecular flexibility index (Phi) is 18.4. The van der Waals surface area contributed by atoms with Crippen molar-refractivity contribution in [1.29, 1.82) is 0 Å². The number of aliphatic hydroxyl groups is 2. The SMILES string of the molecule is CC(O)C(=O)O.CCCC(=O)O.COC(=O)CO. The van der Waals surface area contributed by atoms with Gasteiger partial charge in [0.05, 0.1) is 7.11 Å². The standard InChI is InChI=1S/C4H8O2.2C3H6O3/c1-2-3-4(5)6;1-6-3(5)2-4;1-2(4)3(5)6/h2-3H2,1H3,(H,5,6);4H,2H2,1H3;2,4H,1H3,(H,5,6). The predicted molar refractivity (Wildman–Crippen MR) is 61.0 cm³/mol. The Hall–Kier alpha value is -1.67. The van der Waals surface area contributed by atoms with Crippen molar-refractivity contribution in [2.75, 3.05) is 13.7 Å². The van der Waals surface area contributed by atoms with Crippen LogP contribution >= 0.6 is 0 Å². The molecule has 0 aliphatic heterocycles. The second-order valence-electron chi connectivity index (χ2n) is 2.89. The van der Waals surface area contributed by atoms with Gasteiger partial charge in [-0.2, -0.15) is 0 Å². The van der Waals surface area contributed by atoms with Crippen LogP contribution in [0.1, 0.15) is 26.7 Å². The third-order valence-corrected chi connectivity index (χ3v) is 1.18. The van der Waals surface area contributed by atoms with Crippen LogP contribution in [-0.4, -0.2) is 58.2 Å². The van der Waals surface area contributed by atoms with Crippen molar-refractivity contribution in [2.45, 2.75) is 32.8 Å². The van der Waals surface area contributed by atoms with Gasteiger partial charge in [-0.1, -0.05) is 6.92 Å². The first-order chi connectivity index (χ1) is 8.22. The molecule has 0 aromatic heterocycles. The number of esters is 1. The highest BCUT2D eigenvalue weighted by atomic mass is 16.5. The van der Waals surface area contributed by atoms with E-state index < -0.39 is 30.6 Å². The molecule has 0 radical (unpaired) electrons. The van der Waals surface area contributed by atoms with Crippen molar-refractivity contribution in [1.82, 2.24) is 0 Å². The molecule has 8 heteroatoms. The molecule has 0 heterocycles. The summed E-state index contributed by atoms with van der Waals surface area (Å²) >= 11 is 0. The van der Waals surface area contributed by atoms with Crippen molar-refractivity contribution < 1.29 is 39.5 Å². The lowest BCUT2D eigenvalue weighted by atomic mass is 10.4. The lowest BCUT2D eigenvalue weighted by molar-refractivity contribution is -0.145. The Bertz CT molecular complexity index is 228. The van der Waals surface area contributed by atoms with E-state index in [0.717, 1.165) is 6.42 Å². The van der Waals surface area contributed by atoms with Gasteiger partial charge >= 0.3 is 17.9 Å². The van der Waals surface area contributed by atoms with Gasteiger partial charge in [0.1, 0.15) is 12.7 Å². The molecule has 0 rings (SSSR count). The zero-order valence-corrected chi connectivity index (χ0v) is 10.6. The Labute approximate surface area is 105 Å². The fourth-order valence-electron chi connectivity index (χ4n) is 0.278. The Morgan fingerprint density at radius 1 is 1.22 bits per heavy atom. The molecule has 0 spiro atoms. The van der Waals surface area contributed by atoms with E-state index in [0.29, 0.717) is 6.42 Å². The van der Waals surface area contributed by atoms with Crippen LogP contribution in [-0.2, 0) is 19.1 Å². The van der Waals surface area contributed by atoms with Crippen LogP contribution < -0.4 is 0 Å². The largest absolute Gasteiger partial charge is 0.481 e. The summed E-state index contributed by atoms with van der Waals surface area (Å²) in [6.45, 7) is 2.51. The third-order valence-electron chi connectivity index (χ3n) is 1.18. The highest BCUT2D eigenvalue weighted by Crippen LogP contribution is 1.82. The summed E-state index contributed by atoms with van der Waals surface area (Å²) < 4.78 is 4.01. The lowest BCUT2D eigenvalue weighted by Gasteiger charge is -1.89. The van der Waals surface area contributed by atoms with Gasteiger partial charge in [-0.3, -0.25) is 4.79 Å². The number of methoxy groups -OCH3 is 1. The van der Waals surface area contributed by atoms with E-state index >= 15 is 0 Å². The molecular formula is C10H20O8. The van der Waals surface area contributed by atoms with E-state index in [1.807, 2.05) is 6.92 Å². The maximum absolute atomic E-state index is 9.71. The average molecular weight is 268 g/mol. The molecule has 0 amide bonds. The number of carboxylic acids is 2. The number of aliphatic carboxylic acids is 2. The van der Waals surface area contributed by atoms with Crippen molar-refractivity contribution in [2.24, 2.45) is 0 Å². The third kappa shape index (κ3) is 29.3. The highest BCUT2D eigenvalue weighted by Gasteiger charge is 2.01. The number of carbonyl (C=O) groups excluding carboxylic acids is 1. The van der Waals surface area contributed by atoms with Crippen molar-refractivity contribution >= 4 is 17.9 Å². The summed E-state index contributed by atoms with van der Waals surface area (Å²) in [6, 6.07) is 0. The second-order valence-corrected chi connectivity index (χ2v) is 2.89. The monoisotopic (exact) mass is 268 g/mol. The molecule has 0 aromatic carbocycles. The van der Waals surface area contributed by atoms with Gasteiger partial charge in [0.25, 0.3) is 0 Å². The van der Waals surface area contributed by atoms with E-state index in [9.17, 15) is 14.4 Å². The van der Waals surface area contributed by atoms with Crippen molar-refractivity contribution in [3.8, 4) is 0 Å². The Morgan fingerprint density at radius 3 is 1.61 bits per heavy atom. The van der Waals surface area contributed by atoms with E-state index in [-0.39, 0.29) is 0 Å². The molecule has 1 atom stereocenters. The second kappa shape index (κ2) is 15.3. The predicted octanol–water partition coefficient (Wildman–Crippen LogP) is -0.525. The van der Waals surface area contributed by atoms with Crippen LogP contribution in [0.4, 0.5) is 0 Å². The first-order valence-corrected chi connectivity index (χ1v) is 5.03. The minimum Gasteiger partial charge on any atom is -0.481 e. The lowest BCUT2D eigenvalue weighted by Crippen LogP contribution is -2.13. The average Bonchev–Trinajstić information content (AvgIpc) is 2.29. The molecule has 8 nitrogen and oxygen atoms in total. The number of rotatable bonds is 4. The number of aliphatic hydroxyl groups excluding tert-OH is 2. The molecule has 0 bridgehead atoms. The number of carboxylic acid groups (broad SMARTS) is 2. The van der Waals surface area contributed by atoms with Gasteiger partial charge < -0.3 is 25.2 Å². The first kappa shape index (κ1) is 21.6. The van der Waals surface area contributed by atoms with Gasteiger partial charge in [0.2, 0.25) is 0 Å². The van der Waals surface area contributed by atoms with Crippen LogP contribution in [0, 0.1) is 0 Å². The van der Waals surface area contributed by atoms with E-state index in [1.54, 1.807) is 0 Å². The molecule has 0 aliphatic carbocycles. The summed E-state index contributed by atoms with van der Waals surface area (Å²) in [7, 11) is 1.22. The van der Waals surface area contributed by atoms with Crippen LogP contribution in [0.2, 0.25) is 0 Å². The smallest absolute Gasteiger partial charge is 0.332 e. The molecule has 0 aromatic rings. The van der Waals surface area contributed by atoms with Crippen LogP contribution in [0.5, 0.6) is 0 Å². The topological polar surface area (TPSA) is 141 Å². The van der Waals surface area contributed by atoms with Crippen molar-refractivity contribution in [3.63, 3.8) is 0 Å². The first-order valence-electron chi connectivity index (χ1n) is 5.03. The summed E-state index contributed by atoms with van der Waals surface area (Å²) in [4.78, 5) is 28.8. The fraction of sp³-hybridized carbons (Fsp3) is 0.700. The van der Waals surface area contributed by atoms with E-state index in [2.05, 4.69) is 4.74 Å². The number of carbonyl (C=O) groups is 3. The zero-order valence-electron chi connectivity index (χ0n) is 10.6. The van der Waals surface area contributed by atoms with Gasteiger partial charge in [0, 0.05) is 6.42 Å². The Morgan fingerprint density at radius 2 is 1.61 bits per heavy atom. The van der Waals surface area contributed by atoms with E-state index in [4.69, 9.17) is 20.4 Å². The summed E-state index contributed by atoms with van der Waals surface area (Å²) in [5, 5.41) is 31.5. The molecule has 18 heavy (non-hydrogen) atoms. The number of ether oxygens (including phenoxy) is 1. The summed E-state index contributed by atoms with van der Waals surface area (Å²) in [6.07, 6.45) is -0.208. The molecule has 4 N–H and O–H groups in total. The Balaban J connectivity index is -0.000000187. The molecule has 0 saturated carbocycles. The highest BCUT2D eigenvalue weighted by molar-refractivity contribution is 5.71. The van der Waals surface area contributed by atoms with Gasteiger partial charge in [0.15, 0.2) is 0 Å². The zero-order chi connectivity index (χ0) is 15.1. The molecule has 108 valence electrons. The molecule has 0 saturated heterocycles. The minimum absolute atomic E-state index is 0.292. The van der Waals surface area contributed by atoms with Crippen LogP contribution in [0.25, 0.3) is 0 Å². The fourth-order valence-corrected chi connectivity index (χ4v) is 0.278. The van der Waals surface area contributed by atoms with E-state index in [1.165, 1.54) is 14.0 Å². The molecule has 0 aliphatic rings. The maximum atomic E-state index is 9.71. The number of hydrogen-bond donors (Lipinski definition) is 4. The van der Waals surface area contributed by atoms with Gasteiger partial charge in [-0.25, -0.2) is 9.59 Å². The minimum atomic E-state index is -1.23. The molecule has 0 fully saturated rings. The normalized spacial score (nSPS) is 9.83. The molecule has 1 unspecified atom stereocenters. The van der Waals surface area contributed by atoms with Gasteiger partial charge in [-0.05, 0) is 13.3 Å². The number of hydrogen-bond acceptors (Lipinski definition) is 6. The van der Waals surface area contributed by atoms with Crippen LogP contribution in [0.15, 0.2) is 0 Å². The van der Waals surface area contributed by atoms with Gasteiger partial charge in [-0.15, -0.1) is 0 Å². The quantitative estimate of drug-likeness (QED) is 0.499. The molecular weight excluding hydrogens is 248 g/mol. The van der Waals surface area contributed by atoms with Crippen molar-refractivity contribution in [3.05, 3.63) is 0 Å². The summed E-state index contributed by atoms with van der Waals surface area (Å²) in [5.74, 6) is -2.50. The maximum Gasteiger partial charge on any atom is 0.332 e.